The number of ether oxygens (including phenoxy) is 1. The van der Waals surface area contributed by atoms with Gasteiger partial charge < -0.3 is 14.7 Å². The largest absolute Gasteiger partial charge is 0.418 e. The summed E-state index contributed by atoms with van der Waals surface area (Å²) in [6, 6.07) is 2.25. The average Bonchev–Trinajstić information content (AvgIpc) is 2.52. The monoisotopic (exact) mass is 318 g/mol. The van der Waals surface area contributed by atoms with Crippen LogP contribution in [0.1, 0.15) is 43.5 Å². The summed E-state index contributed by atoms with van der Waals surface area (Å²) in [5.74, 6) is 0. The standard InChI is InChI=1S/C14H17F3N2O3/c1-9(19-22-12-4-2-3-7-21-12)11-8-10(5-6-18-11)13(20)14(15,16)17/h5-6,8,12-13,20H,2-4,7H2,1H3/b19-9+. The highest BCUT2D eigenvalue weighted by Gasteiger charge is 2.39. The molecule has 2 atom stereocenters. The smallest absolute Gasteiger partial charge is 0.379 e. The fourth-order valence-corrected chi connectivity index (χ4v) is 1.98. The lowest BCUT2D eigenvalue weighted by molar-refractivity contribution is -0.206. The van der Waals surface area contributed by atoms with E-state index in [2.05, 4.69) is 10.1 Å². The van der Waals surface area contributed by atoms with Gasteiger partial charge in [-0.3, -0.25) is 4.98 Å². The van der Waals surface area contributed by atoms with Gasteiger partial charge in [-0.2, -0.15) is 13.2 Å². The highest BCUT2D eigenvalue weighted by molar-refractivity contribution is 5.96. The fourth-order valence-electron chi connectivity index (χ4n) is 1.98. The molecule has 0 saturated carbocycles. The Morgan fingerprint density at radius 1 is 1.50 bits per heavy atom. The molecule has 8 heteroatoms. The van der Waals surface area contributed by atoms with Gasteiger partial charge in [0.25, 0.3) is 0 Å². The number of rotatable bonds is 4. The number of oxime groups is 1. The average molecular weight is 318 g/mol. The molecule has 1 aliphatic rings. The Kier molecular flexibility index (Phi) is 5.36. The van der Waals surface area contributed by atoms with Gasteiger partial charge in [0.05, 0.1) is 12.3 Å². The molecule has 2 rings (SSSR count). The molecule has 0 spiro atoms. The van der Waals surface area contributed by atoms with E-state index >= 15 is 0 Å². The molecule has 122 valence electrons. The predicted octanol–water partition coefficient (Wildman–Crippen LogP) is 2.94. The van der Waals surface area contributed by atoms with Crippen molar-refractivity contribution in [3.05, 3.63) is 29.6 Å². The number of aliphatic hydroxyl groups is 1. The highest BCUT2D eigenvalue weighted by atomic mass is 19.4. The molecule has 0 aromatic carbocycles. The van der Waals surface area contributed by atoms with E-state index in [9.17, 15) is 18.3 Å². The summed E-state index contributed by atoms with van der Waals surface area (Å²) in [6.45, 7) is 2.17. The van der Waals surface area contributed by atoms with Crippen molar-refractivity contribution in [2.24, 2.45) is 5.16 Å². The van der Waals surface area contributed by atoms with Crippen molar-refractivity contribution in [1.29, 1.82) is 0 Å². The maximum absolute atomic E-state index is 12.5. The zero-order valence-corrected chi connectivity index (χ0v) is 12.0. The number of alkyl halides is 3. The Labute approximate surface area is 125 Å². The molecular formula is C14H17F3N2O3. The molecule has 0 radical (unpaired) electrons. The van der Waals surface area contributed by atoms with E-state index in [4.69, 9.17) is 9.57 Å². The summed E-state index contributed by atoms with van der Waals surface area (Å²) < 4.78 is 42.9. The van der Waals surface area contributed by atoms with Crippen LogP contribution in [0.3, 0.4) is 0 Å². The van der Waals surface area contributed by atoms with Crippen LogP contribution in [-0.4, -0.2) is 34.9 Å². The van der Waals surface area contributed by atoms with Crippen molar-refractivity contribution in [3.8, 4) is 0 Å². The normalized spacial score (nSPS) is 21.5. The summed E-state index contributed by atoms with van der Waals surface area (Å²) in [7, 11) is 0. The van der Waals surface area contributed by atoms with E-state index < -0.39 is 18.6 Å². The quantitative estimate of drug-likeness (QED) is 0.685. The lowest BCUT2D eigenvalue weighted by Crippen LogP contribution is -2.21. The summed E-state index contributed by atoms with van der Waals surface area (Å²) in [5.41, 5.74) is 0.225. The lowest BCUT2D eigenvalue weighted by atomic mass is 10.1. The molecule has 0 aliphatic carbocycles. The van der Waals surface area contributed by atoms with E-state index in [-0.39, 0.29) is 11.3 Å². The van der Waals surface area contributed by atoms with Crippen LogP contribution >= 0.6 is 0 Å². The van der Waals surface area contributed by atoms with Gasteiger partial charge in [-0.1, -0.05) is 5.16 Å². The van der Waals surface area contributed by atoms with Crippen molar-refractivity contribution >= 4 is 5.71 Å². The van der Waals surface area contributed by atoms with E-state index in [0.717, 1.165) is 31.4 Å². The third-order valence-corrected chi connectivity index (χ3v) is 3.23. The molecule has 0 amide bonds. The zero-order valence-electron chi connectivity index (χ0n) is 12.0. The Balaban J connectivity index is 2.07. The van der Waals surface area contributed by atoms with Gasteiger partial charge in [-0.05, 0) is 37.5 Å². The van der Waals surface area contributed by atoms with Crippen molar-refractivity contribution in [1.82, 2.24) is 4.98 Å². The first kappa shape index (κ1) is 16.7. The predicted molar refractivity (Wildman–Crippen MR) is 72.1 cm³/mol. The zero-order chi connectivity index (χ0) is 16.2. The SMILES string of the molecule is C/C(=N\OC1CCCCO1)c1cc(C(O)C(F)(F)F)ccn1. The molecule has 22 heavy (non-hydrogen) atoms. The summed E-state index contributed by atoms with van der Waals surface area (Å²) in [5, 5.41) is 13.1. The third kappa shape index (κ3) is 4.41. The van der Waals surface area contributed by atoms with Crippen LogP contribution in [0.15, 0.2) is 23.5 Å². The summed E-state index contributed by atoms with van der Waals surface area (Å²) in [6.07, 6.45) is -3.85. The summed E-state index contributed by atoms with van der Waals surface area (Å²) in [4.78, 5) is 9.15. The fraction of sp³-hybridized carbons (Fsp3) is 0.571. The van der Waals surface area contributed by atoms with Gasteiger partial charge in [-0.25, -0.2) is 0 Å². The maximum atomic E-state index is 12.5. The lowest BCUT2D eigenvalue weighted by Gasteiger charge is -2.20. The number of aliphatic hydroxyl groups excluding tert-OH is 1. The summed E-state index contributed by atoms with van der Waals surface area (Å²) >= 11 is 0. The highest BCUT2D eigenvalue weighted by Crippen LogP contribution is 2.32. The van der Waals surface area contributed by atoms with E-state index in [1.165, 1.54) is 6.20 Å². The van der Waals surface area contributed by atoms with Crippen LogP contribution in [0.5, 0.6) is 0 Å². The Bertz CT molecular complexity index is 528. The number of hydrogen-bond donors (Lipinski definition) is 1. The first-order valence-corrected chi connectivity index (χ1v) is 6.91. The second-order valence-electron chi connectivity index (χ2n) is 5.00. The van der Waals surface area contributed by atoms with Gasteiger partial charge in [0.1, 0.15) is 5.71 Å². The molecule has 1 saturated heterocycles. The topological polar surface area (TPSA) is 63.9 Å². The van der Waals surface area contributed by atoms with Crippen molar-refractivity contribution in [2.45, 2.75) is 44.8 Å². The minimum atomic E-state index is -4.73. The molecule has 0 bridgehead atoms. The van der Waals surface area contributed by atoms with Crippen LogP contribution in [0.2, 0.25) is 0 Å². The minimum absolute atomic E-state index is 0.205. The number of nitrogens with zero attached hydrogens (tertiary/aromatic N) is 2. The first-order valence-electron chi connectivity index (χ1n) is 6.91. The second kappa shape index (κ2) is 7.06. The van der Waals surface area contributed by atoms with Crippen molar-refractivity contribution in [3.63, 3.8) is 0 Å². The Morgan fingerprint density at radius 3 is 2.91 bits per heavy atom. The van der Waals surface area contributed by atoms with Gasteiger partial charge in [-0.15, -0.1) is 0 Å². The van der Waals surface area contributed by atoms with E-state index in [0.29, 0.717) is 12.3 Å². The second-order valence-corrected chi connectivity index (χ2v) is 5.00. The molecule has 5 nitrogen and oxygen atoms in total. The van der Waals surface area contributed by atoms with Gasteiger partial charge in [0.15, 0.2) is 6.10 Å². The molecule has 2 heterocycles. The van der Waals surface area contributed by atoms with Gasteiger partial charge in [0.2, 0.25) is 6.29 Å². The Hall–Kier alpha value is -1.67. The van der Waals surface area contributed by atoms with Crippen LogP contribution in [0, 0.1) is 0 Å². The van der Waals surface area contributed by atoms with Crippen LogP contribution in [-0.2, 0) is 9.57 Å². The van der Waals surface area contributed by atoms with Crippen LogP contribution in [0.25, 0.3) is 0 Å². The third-order valence-electron chi connectivity index (χ3n) is 3.23. The number of pyridine rings is 1. The molecule has 1 aromatic rings. The van der Waals surface area contributed by atoms with E-state index in [1.807, 2.05) is 0 Å². The first-order chi connectivity index (χ1) is 10.4. The Morgan fingerprint density at radius 2 is 2.27 bits per heavy atom. The molecule has 1 aliphatic heterocycles. The van der Waals surface area contributed by atoms with Gasteiger partial charge in [0, 0.05) is 12.6 Å². The molecule has 2 unspecified atom stereocenters. The number of hydrogen-bond acceptors (Lipinski definition) is 5. The molecule has 1 fully saturated rings. The van der Waals surface area contributed by atoms with Crippen LogP contribution < -0.4 is 0 Å². The van der Waals surface area contributed by atoms with E-state index in [1.54, 1.807) is 6.92 Å². The molecule has 1 aromatic heterocycles. The van der Waals surface area contributed by atoms with Crippen LogP contribution in [0.4, 0.5) is 13.2 Å². The van der Waals surface area contributed by atoms with Gasteiger partial charge >= 0.3 is 6.18 Å². The van der Waals surface area contributed by atoms with Crippen molar-refractivity contribution < 1.29 is 27.9 Å². The van der Waals surface area contributed by atoms with Crippen molar-refractivity contribution in [2.75, 3.05) is 6.61 Å². The number of halogens is 3. The molecule has 1 N–H and O–H groups in total. The maximum Gasteiger partial charge on any atom is 0.418 e. The number of aromatic nitrogens is 1. The minimum Gasteiger partial charge on any atom is -0.379 e. The molecular weight excluding hydrogens is 301 g/mol.